The molecule has 0 amide bonds. The Morgan fingerprint density at radius 1 is 1.32 bits per heavy atom. The number of aromatic nitrogens is 1. The molecular formula is C15H19ClN2S. The van der Waals surface area contributed by atoms with Crippen molar-refractivity contribution in [2.45, 2.75) is 19.8 Å². The number of hydrogen-bond donors (Lipinski definition) is 1. The fraction of sp³-hybridized carbons (Fsp3) is 0.400. The lowest BCUT2D eigenvalue weighted by Gasteiger charge is -2.17. The molecule has 1 aromatic heterocycles. The summed E-state index contributed by atoms with van der Waals surface area (Å²) in [6.45, 7) is 4.13. The maximum atomic E-state index is 6.25. The molecule has 19 heavy (non-hydrogen) atoms. The van der Waals surface area contributed by atoms with Gasteiger partial charge in [0.2, 0.25) is 0 Å². The van der Waals surface area contributed by atoms with Crippen LogP contribution in [-0.4, -0.2) is 18.1 Å². The molecule has 2 nitrogen and oxygen atoms in total. The van der Waals surface area contributed by atoms with Gasteiger partial charge in [-0.15, -0.1) is 11.3 Å². The van der Waals surface area contributed by atoms with Crippen LogP contribution in [0.4, 0.5) is 0 Å². The summed E-state index contributed by atoms with van der Waals surface area (Å²) in [7, 11) is 0. The van der Waals surface area contributed by atoms with Crippen molar-refractivity contribution in [1.29, 1.82) is 0 Å². The zero-order chi connectivity index (χ0) is 13.5. The number of nitrogens with zero attached hydrogens (tertiary/aromatic N) is 1. The third-order valence-electron chi connectivity index (χ3n) is 3.13. The summed E-state index contributed by atoms with van der Waals surface area (Å²) >= 11 is 7.91. The van der Waals surface area contributed by atoms with Crippen molar-refractivity contribution in [2.24, 2.45) is 5.92 Å². The number of hydrogen-bond acceptors (Lipinski definition) is 3. The van der Waals surface area contributed by atoms with Crippen LogP contribution in [0.3, 0.4) is 0 Å². The van der Waals surface area contributed by atoms with Gasteiger partial charge in [-0.1, -0.05) is 36.7 Å². The predicted octanol–water partition coefficient (Wildman–Crippen LogP) is 3.81. The van der Waals surface area contributed by atoms with Gasteiger partial charge in [0.1, 0.15) is 0 Å². The van der Waals surface area contributed by atoms with Crippen LogP contribution in [0.25, 0.3) is 0 Å². The molecule has 0 saturated heterocycles. The fourth-order valence-electron chi connectivity index (χ4n) is 2.17. The first kappa shape index (κ1) is 14.5. The predicted molar refractivity (Wildman–Crippen MR) is 83.0 cm³/mol. The van der Waals surface area contributed by atoms with Crippen LogP contribution < -0.4 is 5.32 Å². The SMILES string of the molecule is CCNCC(Cc1cscn1)Cc1ccccc1Cl. The van der Waals surface area contributed by atoms with Crippen LogP contribution in [0, 0.1) is 5.92 Å². The van der Waals surface area contributed by atoms with Crippen LogP contribution in [0.15, 0.2) is 35.2 Å². The number of benzene rings is 1. The molecule has 1 unspecified atom stereocenters. The van der Waals surface area contributed by atoms with Crippen LogP contribution in [0.2, 0.25) is 5.02 Å². The van der Waals surface area contributed by atoms with Gasteiger partial charge in [-0.2, -0.15) is 0 Å². The Labute approximate surface area is 123 Å². The molecule has 2 aromatic rings. The monoisotopic (exact) mass is 294 g/mol. The third kappa shape index (κ3) is 4.60. The third-order valence-corrected chi connectivity index (χ3v) is 4.13. The second-order valence-corrected chi connectivity index (χ2v) is 5.78. The Kier molecular flexibility index (Phi) is 5.83. The van der Waals surface area contributed by atoms with Crippen molar-refractivity contribution in [3.63, 3.8) is 0 Å². The smallest absolute Gasteiger partial charge is 0.0794 e. The molecule has 1 N–H and O–H groups in total. The summed E-state index contributed by atoms with van der Waals surface area (Å²) < 4.78 is 0. The van der Waals surface area contributed by atoms with E-state index in [4.69, 9.17) is 11.6 Å². The highest BCUT2D eigenvalue weighted by molar-refractivity contribution is 7.07. The summed E-state index contributed by atoms with van der Waals surface area (Å²) in [5.41, 5.74) is 4.30. The van der Waals surface area contributed by atoms with Crippen LogP contribution in [0.5, 0.6) is 0 Å². The van der Waals surface area contributed by atoms with Gasteiger partial charge in [-0.05, 0) is 43.5 Å². The first-order chi connectivity index (χ1) is 9.29. The lowest BCUT2D eigenvalue weighted by Crippen LogP contribution is -2.25. The minimum atomic E-state index is 0.530. The maximum Gasteiger partial charge on any atom is 0.0794 e. The summed E-state index contributed by atoms with van der Waals surface area (Å²) in [5.74, 6) is 0.530. The molecule has 0 saturated carbocycles. The highest BCUT2D eigenvalue weighted by atomic mass is 35.5. The van der Waals surface area contributed by atoms with Crippen molar-refractivity contribution >= 4 is 22.9 Å². The molecular weight excluding hydrogens is 276 g/mol. The molecule has 0 radical (unpaired) electrons. The number of rotatable bonds is 7. The summed E-state index contributed by atoms with van der Waals surface area (Å²) in [5, 5.41) is 6.43. The standard InChI is InChI=1S/C15H19ClN2S/c1-2-17-9-12(8-14-10-19-11-18-14)7-13-5-3-4-6-15(13)16/h3-6,10-12,17H,2,7-9H2,1H3. The van der Waals surface area contributed by atoms with Crippen LogP contribution in [0.1, 0.15) is 18.2 Å². The number of nitrogens with one attached hydrogen (secondary N) is 1. The number of halogens is 1. The quantitative estimate of drug-likeness (QED) is 0.840. The molecule has 4 heteroatoms. The van der Waals surface area contributed by atoms with E-state index < -0.39 is 0 Å². The highest BCUT2D eigenvalue weighted by Gasteiger charge is 2.13. The van der Waals surface area contributed by atoms with E-state index in [-0.39, 0.29) is 0 Å². The lowest BCUT2D eigenvalue weighted by atomic mass is 9.95. The van der Waals surface area contributed by atoms with Crippen LogP contribution >= 0.6 is 22.9 Å². The minimum Gasteiger partial charge on any atom is -0.317 e. The average molecular weight is 295 g/mol. The topological polar surface area (TPSA) is 24.9 Å². The highest BCUT2D eigenvalue weighted by Crippen LogP contribution is 2.21. The molecule has 1 aromatic carbocycles. The Morgan fingerprint density at radius 3 is 2.84 bits per heavy atom. The zero-order valence-electron chi connectivity index (χ0n) is 11.1. The van der Waals surface area contributed by atoms with Crippen molar-refractivity contribution in [2.75, 3.05) is 13.1 Å². The summed E-state index contributed by atoms with van der Waals surface area (Å²) in [6.07, 6.45) is 1.99. The lowest BCUT2D eigenvalue weighted by molar-refractivity contribution is 0.474. The molecule has 0 aliphatic rings. The molecule has 1 atom stereocenters. The summed E-state index contributed by atoms with van der Waals surface area (Å²) in [6, 6.07) is 8.10. The van der Waals surface area contributed by atoms with Gasteiger partial charge in [0.15, 0.2) is 0 Å². The first-order valence-corrected chi connectivity index (χ1v) is 7.93. The largest absolute Gasteiger partial charge is 0.317 e. The molecule has 2 rings (SSSR count). The minimum absolute atomic E-state index is 0.530. The van der Waals surface area contributed by atoms with Crippen LogP contribution in [-0.2, 0) is 12.8 Å². The van der Waals surface area contributed by atoms with Gasteiger partial charge >= 0.3 is 0 Å². The Bertz CT molecular complexity index is 485. The van der Waals surface area contributed by atoms with E-state index in [1.165, 1.54) is 11.3 Å². The molecule has 0 fully saturated rings. The van der Waals surface area contributed by atoms with Gasteiger partial charge < -0.3 is 5.32 Å². The average Bonchev–Trinajstić information content (AvgIpc) is 2.91. The molecule has 0 aliphatic heterocycles. The normalized spacial score (nSPS) is 12.5. The Morgan fingerprint density at radius 2 is 2.16 bits per heavy atom. The first-order valence-electron chi connectivity index (χ1n) is 6.60. The van der Waals surface area contributed by atoms with Gasteiger partial charge in [0, 0.05) is 10.4 Å². The second-order valence-electron chi connectivity index (χ2n) is 4.65. The zero-order valence-corrected chi connectivity index (χ0v) is 12.7. The van der Waals surface area contributed by atoms with Crippen molar-refractivity contribution in [3.05, 3.63) is 51.4 Å². The maximum absolute atomic E-state index is 6.25. The van der Waals surface area contributed by atoms with Gasteiger partial charge in [0.05, 0.1) is 11.2 Å². The van der Waals surface area contributed by atoms with Gasteiger partial charge in [-0.3, -0.25) is 0 Å². The van der Waals surface area contributed by atoms with Gasteiger partial charge in [-0.25, -0.2) is 4.98 Å². The van der Waals surface area contributed by atoms with E-state index in [1.807, 2.05) is 23.7 Å². The van der Waals surface area contributed by atoms with E-state index in [1.54, 1.807) is 11.3 Å². The van der Waals surface area contributed by atoms with E-state index >= 15 is 0 Å². The summed E-state index contributed by atoms with van der Waals surface area (Å²) in [4.78, 5) is 4.39. The van der Waals surface area contributed by atoms with Crippen molar-refractivity contribution < 1.29 is 0 Å². The van der Waals surface area contributed by atoms with E-state index in [9.17, 15) is 0 Å². The second kappa shape index (κ2) is 7.63. The number of thiazole rings is 1. The Balaban J connectivity index is 2.03. The molecule has 1 heterocycles. The molecule has 0 bridgehead atoms. The molecule has 0 aliphatic carbocycles. The van der Waals surface area contributed by atoms with Crippen molar-refractivity contribution in [3.8, 4) is 0 Å². The fourth-order valence-corrected chi connectivity index (χ4v) is 2.96. The van der Waals surface area contributed by atoms with E-state index in [0.29, 0.717) is 5.92 Å². The molecule has 0 spiro atoms. The van der Waals surface area contributed by atoms with Crippen molar-refractivity contribution in [1.82, 2.24) is 10.3 Å². The van der Waals surface area contributed by atoms with E-state index in [0.717, 1.165) is 31.0 Å². The van der Waals surface area contributed by atoms with E-state index in [2.05, 4.69) is 28.7 Å². The van der Waals surface area contributed by atoms with Gasteiger partial charge in [0.25, 0.3) is 0 Å². The molecule has 102 valence electrons. The Hall–Kier alpha value is -0.900.